The number of carbonyl (C=O) groups excluding carboxylic acids is 1. The van der Waals surface area contributed by atoms with Gasteiger partial charge in [-0.25, -0.2) is 13.4 Å². The van der Waals surface area contributed by atoms with Crippen LogP contribution in [0.3, 0.4) is 0 Å². The van der Waals surface area contributed by atoms with Gasteiger partial charge >= 0.3 is 0 Å². The Balaban J connectivity index is 2.37. The first-order valence-electron chi connectivity index (χ1n) is 7.98. The Labute approximate surface area is 148 Å². The summed E-state index contributed by atoms with van der Waals surface area (Å²) in [6.45, 7) is 5.74. The van der Waals surface area contributed by atoms with Crippen LogP contribution < -0.4 is 11.1 Å². The predicted molar refractivity (Wildman–Crippen MR) is 98.4 cm³/mol. The minimum absolute atomic E-state index is 0.124. The van der Waals surface area contributed by atoms with Crippen LogP contribution in [0.1, 0.15) is 46.6 Å². The largest absolute Gasteiger partial charge is 0.365 e. The second kappa shape index (κ2) is 7.23. The zero-order valence-corrected chi connectivity index (χ0v) is 15.6. The topological polar surface area (TPSA) is 102 Å². The lowest BCUT2D eigenvalue weighted by Gasteiger charge is -2.20. The average Bonchev–Trinajstić information content (AvgIpc) is 2.54. The fourth-order valence-corrected chi connectivity index (χ4v) is 3.17. The summed E-state index contributed by atoms with van der Waals surface area (Å²) in [5, 5.41) is 3.26. The highest BCUT2D eigenvalue weighted by Crippen LogP contribution is 2.26. The van der Waals surface area contributed by atoms with Gasteiger partial charge in [0, 0.05) is 11.9 Å². The first-order chi connectivity index (χ1) is 11.6. The quantitative estimate of drug-likeness (QED) is 0.823. The van der Waals surface area contributed by atoms with Crippen LogP contribution >= 0.6 is 0 Å². The average molecular weight is 361 g/mol. The highest BCUT2D eigenvalue weighted by Gasteiger charge is 2.17. The van der Waals surface area contributed by atoms with E-state index >= 15 is 0 Å². The van der Waals surface area contributed by atoms with Crippen LogP contribution in [0, 0.1) is 13.8 Å². The van der Waals surface area contributed by atoms with E-state index in [1.54, 1.807) is 30.3 Å². The molecule has 0 radical (unpaired) electrons. The standard InChI is InChI=1S/C18H23N3O3S/c1-5-16(13-6-8-14(9-7-13)25(4,23)24)21-18-15(17(19)22)10-11(2)12(3)20-18/h6-10,16H,5H2,1-4H3,(H2,19,22)(H,20,21). The van der Waals surface area contributed by atoms with Gasteiger partial charge in [-0.05, 0) is 49.6 Å². The highest BCUT2D eigenvalue weighted by atomic mass is 32.2. The van der Waals surface area contributed by atoms with Crippen molar-refractivity contribution in [3.63, 3.8) is 0 Å². The number of aryl methyl sites for hydroxylation is 2. The lowest BCUT2D eigenvalue weighted by molar-refractivity contribution is 0.100. The van der Waals surface area contributed by atoms with Crippen LogP contribution in [0.4, 0.5) is 5.82 Å². The molecule has 1 aromatic carbocycles. The molecule has 0 spiro atoms. The molecular weight excluding hydrogens is 338 g/mol. The number of nitrogens with zero attached hydrogens (tertiary/aromatic N) is 1. The molecule has 3 N–H and O–H groups in total. The molecule has 0 saturated heterocycles. The third-order valence-electron chi connectivity index (χ3n) is 4.16. The Morgan fingerprint density at radius 1 is 1.24 bits per heavy atom. The molecule has 1 amide bonds. The lowest BCUT2D eigenvalue weighted by atomic mass is 10.0. The number of rotatable bonds is 6. The normalized spacial score (nSPS) is 12.6. The molecule has 2 rings (SSSR count). The number of hydrogen-bond donors (Lipinski definition) is 2. The van der Waals surface area contributed by atoms with E-state index in [0.717, 1.165) is 23.2 Å². The molecule has 1 unspecified atom stereocenters. The predicted octanol–water partition coefficient (Wildman–Crippen LogP) is 2.76. The molecule has 0 bridgehead atoms. The number of nitrogens with two attached hydrogens (primary N) is 1. The maximum atomic E-state index is 11.7. The Bertz CT molecular complexity index is 891. The molecule has 0 fully saturated rings. The number of pyridine rings is 1. The minimum Gasteiger partial charge on any atom is -0.365 e. The summed E-state index contributed by atoms with van der Waals surface area (Å²) in [4.78, 5) is 16.4. The van der Waals surface area contributed by atoms with Crippen LogP contribution in [-0.2, 0) is 9.84 Å². The SMILES string of the molecule is CCC(Nc1nc(C)c(C)cc1C(N)=O)c1ccc(S(C)(=O)=O)cc1. The third kappa shape index (κ3) is 4.36. The Kier molecular flexibility index (Phi) is 5.47. The van der Waals surface area contributed by atoms with Crippen LogP contribution in [0.2, 0.25) is 0 Å². The van der Waals surface area contributed by atoms with Crippen molar-refractivity contribution in [2.75, 3.05) is 11.6 Å². The van der Waals surface area contributed by atoms with Gasteiger partial charge in [-0.15, -0.1) is 0 Å². The van der Waals surface area contributed by atoms with Crippen LogP contribution in [-0.4, -0.2) is 25.6 Å². The first kappa shape index (κ1) is 18.9. The van der Waals surface area contributed by atoms with Gasteiger partial charge in [-0.2, -0.15) is 0 Å². The Hall–Kier alpha value is -2.41. The van der Waals surface area contributed by atoms with Gasteiger partial charge in [-0.3, -0.25) is 4.79 Å². The van der Waals surface area contributed by atoms with E-state index in [9.17, 15) is 13.2 Å². The third-order valence-corrected chi connectivity index (χ3v) is 5.29. The summed E-state index contributed by atoms with van der Waals surface area (Å²) in [7, 11) is -3.23. The van der Waals surface area contributed by atoms with Crippen molar-refractivity contribution in [2.45, 2.75) is 38.1 Å². The van der Waals surface area contributed by atoms with Gasteiger partial charge in [0.1, 0.15) is 5.82 Å². The smallest absolute Gasteiger partial charge is 0.252 e. The van der Waals surface area contributed by atoms with E-state index < -0.39 is 15.7 Å². The van der Waals surface area contributed by atoms with Crippen LogP contribution in [0.25, 0.3) is 0 Å². The van der Waals surface area contributed by atoms with E-state index in [1.165, 1.54) is 6.26 Å². The number of sulfone groups is 1. The zero-order valence-electron chi connectivity index (χ0n) is 14.8. The van der Waals surface area contributed by atoms with E-state index in [0.29, 0.717) is 11.4 Å². The molecule has 6 nitrogen and oxygen atoms in total. The molecule has 2 aromatic rings. The van der Waals surface area contributed by atoms with Crippen LogP contribution in [0.15, 0.2) is 35.2 Å². The molecule has 1 atom stereocenters. The molecule has 25 heavy (non-hydrogen) atoms. The maximum absolute atomic E-state index is 11.7. The molecule has 1 aromatic heterocycles. The number of amides is 1. The summed E-state index contributed by atoms with van der Waals surface area (Å²) >= 11 is 0. The number of nitrogens with one attached hydrogen (secondary N) is 1. The molecular formula is C18H23N3O3S. The molecule has 0 aliphatic heterocycles. The zero-order chi connectivity index (χ0) is 18.8. The number of carbonyl (C=O) groups is 1. The van der Waals surface area contributed by atoms with Crippen molar-refractivity contribution < 1.29 is 13.2 Å². The van der Waals surface area contributed by atoms with Gasteiger partial charge in [0.25, 0.3) is 5.91 Å². The van der Waals surface area contributed by atoms with Gasteiger partial charge in [0.05, 0.1) is 16.5 Å². The number of primary amides is 1. The number of benzene rings is 1. The second-order valence-corrected chi connectivity index (χ2v) is 8.11. The fourth-order valence-electron chi connectivity index (χ4n) is 2.54. The summed E-state index contributed by atoms with van der Waals surface area (Å²) in [5.41, 5.74) is 8.43. The van der Waals surface area contributed by atoms with Gasteiger partial charge in [-0.1, -0.05) is 19.1 Å². The van der Waals surface area contributed by atoms with Gasteiger partial charge in [0.2, 0.25) is 0 Å². The van der Waals surface area contributed by atoms with Crippen molar-refractivity contribution in [1.82, 2.24) is 4.98 Å². The Morgan fingerprint density at radius 2 is 1.84 bits per heavy atom. The molecule has 0 aliphatic carbocycles. The highest BCUT2D eigenvalue weighted by molar-refractivity contribution is 7.90. The summed E-state index contributed by atoms with van der Waals surface area (Å²) in [6, 6.07) is 8.30. The monoisotopic (exact) mass is 361 g/mol. The van der Waals surface area contributed by atoms with Crippen molar-refractivity contribution in [2.24, 2.45) is 5.73 Å². The number of aromatic nitrogens is 1. The molecule has 1 heterocycles. The molecule has 0 saturated carbocycles. The summed E-state index contributed by atoms with van der Waals surface area (Å²) in [5.74, 6) is -0.102. The van der Waals surface area contributed by atoms with Crippen molar-refractivity contribution in [3.05, 3.63) is 52.7 Å². The molecule has 7 heteroatoms. The van der Waals surface area contributed by atoms with E-state index in [-0.39, 0.29) is 10.9 Å². The second-order valence-electron chi connectivity index (χ2n) is 6.10. The number of anilines is 1. The van der Waals surface area contributed by atoms with Crippen molar-refractivity contribution in [1.29, 1.82) is 0 Å². The Morgan fingerprint density at radius 3 is 2.32 bits per heavy atom. The van der Waals surface area contributed by atoms with Gasteiger partial charge < -0.3 is 11.1 Å². The summed E-state index contributed by atoms with van der Waals surface area (Å²) in [6.07, 6.45) is 1.90. The maximum Gasteiger partial charge on any atom is 0.252 e. The number of hydrogen-bond acceptors (Lipinski definition) is 5. The van der Waals surface area contributed by atoms with Crippen molar-refractivity contribution >= 4 is 21.6 Å². The van der Waals surface area contributed by atoms with Gasteiger partial charge in [0.15, 0.2) is 9.84 Å². The first-order valence-corrected chi connectivity index (χ1v) is 9.87. The molecule has 134 valence electrons. The minimum atomic E-state index is -3.23. The lowest BCUT2D eigenvalue weighted by Crippen LogP contribution is -2.19. The van der Waals surface area contributed by atoms with E-state index in [2.05, 4.69) is 10.3 Å². The van der Waals surface area contributed by atoms with Crippen LogP contribution in [0.5, 0.6) is 0 Å². The van der Waals surface area contributed by atoms with Crippen molar-refractivity contribution in [3.8, 4) is 0 Å². The van der Waals surface area contributed by atoms with E-state index in [4.69, 9.17) is 5.73 Å². The fraction of sp³-hybridized carbons (Fsp3) is 0.333. The van der Waals surface area contributed by atoms with E-state index in [1.807, 2.05) is 20.8 Å². The summed E-state index contributed by atoms with van der Waals surface area (Å²) < 4.78 is 23.2. The molecule has 0 aliphatic rings.